The number of hydrogen-bond donors (Lipinski definition) is 1. The van der Waals surface area contributed by atoms with Gasteiger partial charge in [-0.1, -0.05) is 0 Å². The van der Waals surface area contributed by atoms with E-state index in [1.807, 2.05) is 0 Å². The molecule has 0 aliphatic carbocycles. The van der Waals surface area contributed by atoms with E-state index in [1.165, 1.54) is 35.8 Å². The predicted molar refractivity (Wildman–Crippen MR) is 106 cm³/mol. The van der Waals surface area contributed by atoms with Crippen LogP contribution in [0.2, 0.25) is 0 Å². The molecule has 10 heteroatoms. The molecule has 0 saturated carbocycles. The van der Waals surface area contributed by atoms with Crippen molar-refractivity contribution in [2.24, 2.45) is 0 Å². The van der Waals surface area contributed by atoms with E-state index in [1.54, 1.807) is 13.0 Å². The molecule has 30 heavy (non-hydrogen) atoms. The number of H-pyrrole nitrogens is 1. The average Bonchev–Trinajstić information content (AvgIpc) is 2.99. The number of carbonyl (C=O) groups excluding carboxylic acids is 1. The molecule has 7 nitrogen and oxygen atoms in total. The van der Waals surface area contributed by atoms with Crippen molar-refractivity contribution >= 4 is 41.2 Å². The number of pyridine rings is 1. The van der Waals surface area contributed by atoms with Crippen LogP contribution in [-0.2, 0) is 4.79 Å². The first kappa shape index (κ1) is 21.8. The number of ether oxygens (including phenoxy) is 1. The van der Waals surface area contributed by atoms with Gasteiger partial charge in [-0.15, -0.1) is 0 Å². The summed E-state index contributed by atoms with van der Waals surface area (Å²) in [5, 5.41) is 2.85. The van der Waals surface area contributed by atoms with E-state index in [0.717, 1.165) is 12.1 Å². The predicted octanol–water partition coefficient (Wildman–Crippen LogP) is 2.88. The van der Waals surface area contributed by atoms with Crippen LogP contribution in [0.4, 0.5) is 8.78 Å². The van der Waals surface area contributed by atoms with Crippen LogP contribution in [0.3, 0.4) is 0 Å². The van der Waals surface area contributed by atoms with Crippen molar-refractivity contribution in [3.8, 4) is 28.3 Å². The van der Waals surface area contributed by atoms with Crippen LogP contribution >= 0.6 is 0 Å². The number of aryl methyl sites for hydroxylation is 1. The van der Waals surface area contributed by atoms with Gasteiger partial charge in [-0.25, -0.2) is 23.3 Å². The summed E-state index contributed by atoms with van der Waals surface area (Å²) in [7, 11) is 0. The number of fused-ring (bicyclic) bond motifs is 1. The molecule has 1 radical (unpaired) electrons. The first-order valence-corrected chi connectivity index (χ1v) is 8.56. The molecule has 0 bridgehead atoms. The normalized spacial score (nSPS) is 10.7. The van der Waals surface area contributed by atoms with Gasteiger partial charge in [0.2, 0.25) is 5.88 Å². The van der Waals surface area contributed by atoms with Crippen LogP contribution in [0.15, 0.2) is 47.4 Å². The number of carbonyl (C=O) groups is 1. The van der Waals surface area contributed by atoms with E-state index in [9.17, 15) is 18.4 Å². The summed E-state index contributed by atoms with van der Waals surface area (Å²) in [6, 6.07) is 7.59. The molecule has 0 atom stereocenters. The van der Waals surface area contributed by atoms with Crippen LogP contribution in [0, 0.1) is 18.6 Å². The summed E-state index contributed by atoms with van der Waals surface area (Å²) >= 11 is 0. The van der Waals surface area contributed by atoms with Crippen LogP contribution in [-0.4, -0.2) is 55.1 Å². The second kappa shape index (κ2) is 8.47. The second-order valence-corrected chi connectivity index (χ2v) is 6.35. The summed E-state index contributed by atoms with van der Waals surface area (Å²) in [5.41, 5.74) is 1.57. The Hall–Kier alpha value is -2.88. The van der Waals surface area contributed by atoms with Crippen LogP contribution in [0.25, 0.3) is 28.0 Å². The topological polar surface area (TPSA) is 89.4 Å². The summed E-state index contributed by atoms with van der Waals surface area (Å²) < 4.78 is 33.8. The molecule has 3 heterocycles. The van der Waals surface area contributed by atoms with Crippen LogP contribution in [0.5, 0.6) is 5.88 Å². The van der Waals surface area contributed by atoms with E-state index in [2.05, 4.69) is 15.1 Å². The number of aromatic nitrogens is 4. The Morgan fingerprint density at radius 2 is 1.93 bits per heavy atom. The number of halogens is 2. The van der Waals surface area contributed by atoms with E-state index in [4.69, 9.17) is 4.74 Å². The molecule has 0 aliphatic rings. The van der Waals surface area contributed by atoms with Gasteiger partial charge < -0.3 is 4.74 Å². The molecule has 1 N–H and O–H groups in total. The van der Waals surface area contributed by atoms with Crippen molar-refractivity contribution in [3.63, 3.8) is 0 Å². The van der Waals surface area contributed by atoms with Crippen molar-refractivity contribution in [3.05, 3.63) is 70.3 Å². The molecular formula is C20H14F2N4NaO3. The average molecular weight is 419 g/mol. The SMILES string of the molecule is CC(=O)Oc1ccc(-c2cc(=O)n3[nH]c(C)c(-c4ccc(F)cc4F)c3n2)cn1.[Na]. The number of nitrogens with one attached hydrogen (secondary N) is 1. The minimum Gasteiger partial charge on any atom is -0.408 e. The zero-order valence-electron chi connectivity index (χ0n) is 16.4. The second-order valence-electron chi connectivity index (χ2n) is 6.35. The Morgan fingerprint density at radius 1 is 1.17 bits per heavy atom. The molecule has 0 fully saturated rings. The summed E-state index contributed by atoms with van der Waals surface area (Å²) in [6.45, 7) is 2.93. The van der Waals surface area contributed by atoms with Crippen molar-refractivity contribution in [2.75, 3.05) is 0 Å². The third kappa shape index (κ3) is 4.04. The van der Waals surface area contributed by atoms with Gasteiger partial charge in [-0.2, -0.15) is 0 Å². The molecule has 3 aromatic heterocycles. The van der Waals surface area contributed by atoms with Gasteiger partial charge in [0.15, 0.2) is 5.65 Å². The van der Waals surface area contributed by atoms with Crippen LogP contribution in [0.1, 0.15) is 12.6 Å². The van der Waals surface area contributed by atoms with Gasteiger partial charge in [0.1, 0.15) is 11.6 Å². The van der Waals surface area contributed by atoms with Gasteiger partial charge in [-0.05, 0) is 25.1 Å². The first-order valence-electron chi connectivity index (χ1n) is 8.56. The molecule has 0 amide bonds. The number of nitrogens with zero attached hydrogens (tertiary/aromatic N) is 3. The third-order valence-corrected chi connectivity index (χ3v) is 4.28. The van der Waals surface area contributed by atoms with E-state index in [-0.39, 0.29) is 46.6 Å². The fourth-order valence-corrected chi connectivity index (χ4v) is 3.05. The van der Waals surface area contributed by atoms with E-state index < -0.39 is 23.2 Å². The molecule has 4 rings (SSSR count). The third-order valence-electron chi connectivity index (χ3n) is 4.28. The largest absolute Gasteiger partial charge is 0.408 e. The van der Waals surface area contributed by atoms with Gasteiger partial charge in [-0.3, -0.25) is 14.7 Å². The molecule has 1 aromatic carbocycles. The van der Waals surface area contributed by atoms with E-state index >= 15 is 0 Å². The van der Waals surface area contributed by atoms with Gasteiger partial charge in [0.05, 0.1) is 5.69 Å². The Kier molecular flexibility index (Phi) is 6.16. The van der Waals surface area contributed by atoms with Gasteiger partial charge >= 0.3 is 5.97 Å². The smallest absolute Gasteiger partial charge is 0.309 e. The van der Waals surface area contributed by atoms with Crippen molar-refractivity contribution in [2.45, 2.75) is 13.8 Å². The summed E-state index contributed by atoms with van der Waals surface area (Å²) in [5.74, 6) is -1.85. The maximum absolute atomic E-state index is 14.4. The minimum absolute atomic E-state index is 0. The maximum atomic E-state index is 14.4. The van der Waals surface area contributed by atoms with Gasteiger partial charge in [0, 0.05) is 83.3 Å². The molecule has 0 unspecified atom stereocenters. The van der Waals surface area contributed by atoms with Crippen LogP contribution < -0.4 is 10.3 Å². The molecule has 4 aromatic rings. The Labute approximate surface area is 191 Å². The summed E-state index contributed by atoms with van der Waals surface area (Å²) in [6.07, 6.45) is 1.41. The fraction of sp³-hybridized carbons (Fsp3) is 0.100. The van der Waals surface area contributed by atoms with Gasteiger partial charge in [0.25, 0.3) is 5.56 Å². The van der Waals surface area contributed by atoms with E-state index in [0.29, 0.717) is 22.5 Å². The number of rotatable bonds is 3. The zero-order chi connectivity index (χ0) is 20.7. The van der Waals surface area contributed by atoms with Crippen molar-refractivity contribution in [1.29, 1.82) is 0 Å². The molecule has 0 spiro atoms. The number of aromatic amines is 1. The quantitative estimate of drug-likeness (QED) is 0.408. The fourth-order valence-electron chi connectivity index (χ4n) is 3.05. The maximum Gasteiger partial charge on any atom is 0.309 e. The first-order chi connectivity index (χ1) is 13.8. The molecule has 0 saturated heterocycles. The Morgan fingerprint density at radius 3 is 2.57 bits per heavy atom. The zero-order valence-corrected chi connectivity index (χ0v) is 18.4. The minimum atomic E-state index is -0.762. The summed E-state index contributed by atoms with van der Waals surface area (Å²) in [4.78, 5) is 32.1. The van der Waals surface area contributed by atoms with Crippen molar-refractivity contribution in [1.82, 2.24) is 19.6 Å². The van der Waals surface area contributed by atoms with Crippen molar-refractivity contribution < 1.29 is 18.3 Å². The monoisotopic (exact) mass is 419 g/mol. The Balaban J connectivity index is 0.00000256. The standard InChI is InChI=1S/C20H14F2N4O3.Na/c1-10-19(14-5-4-13(21)7-15(14)22)20-24-16(8-18(28)26(20)25-10)12-3-6-17(23-9-12)29-11(2)27;/h3-9,25H,1-2H3;. The molecule has 0 aliphatic heterocycles. The molecular weight excluding hydrogens is 405 g/mol. The number of esters is 1. The number of benzene rings is 1. The number of hydrogen-bond acceptors (Lipinski definition) is 5. The Bertz CT molecular complexity index is 1320. The molecule has 147 valence electrons.